The van der Waals surface area contributed by atoms with Gasteiger partial charge in [0.2, 0.25) is 0 Å². The number of carbonyl (C=O) groups excluding carboxylic acids is 1. The maximum atomic E-state index is 12.1. The number of nitrogens with zero attached hydrogens (tertiary/aromatic N) is 2. The van der Waals surface area contributed by atoms with E-state index in [4.69, 9.17) is 16.3 Å². The number of methoxy groups -OCH3 is 1. The van der Waals surface area contributed by atoms with Crippen LogP contribution >= 0.6 is 11.6 Å². The minimum atomic E-state index is -0.161. The Labute approximate surface area is 138 Å². The van der Waals surface area contributed by atoms with E-state index in [0.717, 1.165) is 25.9 Å². The molecule has 1 aliphatic rings. The maximum Gasteiger partial charge on any atom is 0.308 e. The molecular formula is C16H18ClN3O3. The third-order valence-electron chi connectivity index (χ3n) is 4.21. The standard InChI is InChI=1S/C16H18ClN3O3/c1-23-16(22)10-4-6-20(7-5-10)9-14-18-13-8-11(17)2-3-12(13)15(21)19-14/h2-3,8,10H,4-7,9H2,1H3,(H,18,19,21). The van der Waals surface area contributed by atoms with Crippen LogP contribution in [0, 0.1) is 5.92 Å². The number of benzene rings is 1. The van der Waals surface area contributed by atoms with Crippen molar-refractivity contribution in [3.8, 4) is 0 Å². The number of aromatic amines is 1. The Bertz CT molecular complexity index is 782. The van der Waals surface area contributed by atoms with E-state index < -0.39 is 0 Å². The van der Waals surface area contributed by atoms with Gasteiger partial charge in [-0.05, 0) is 44.1 Å². The molecule has 23 heavy (non-hydrogen) atoms. The highest BCUT2D eigenvalue weighted by atomic mass is 35.5. The number of halogens is 1. The number of ether oxygens (including phenoxy) is 1. The van der Waals surface area contributed by atoms with Crippen molar-refractivity contribution in [3.05, 3.63) is 39.4 Å². The normalized spacial score (nSPS) is 16.6. The minimum Gasteiger partial charge on any atom is -0.469 e. The van der Waals surface area contributed by atoms with Gasteiger partial charge in [0, 0.05) is 5.02 Å². The summed E-state index contributed by atoms with van der Waals surface area (Å²) in [5.41, 5.74) is 0.437. The van der Waals surface area contributed by atoms with E-state index in [9.17, 15) is 9.59 Å². The number of rotatable bonds is 3. The van der Waals surface area contributed by atoms with Gasteiger partial charge in [-0.3, -0.25) is 14.5 Å². The lowest BCUT2D eigenvalue weighted by atomic mass is 9.97. The average Bonchev–Trinajstić information content (AvgIpc) is 2.54. The molecule has 2 heterocycles. The Morgan fingerprint density at radius 2 is 2.17 bits per heavy atom. The number of likely N-dealkylation sites (tertiary alicyclic amines) is 1. The van der Waals surface area contributed by atoms with Crippen LogP contribution in [0.5, 0.6) is 0 Å². The summed E-state index contributed by atoms with van der Waals surface area (Å²) in [7, 11) is 1.42. The lowest BCUT2D eigenvalue weighted by Gasteiger charge is -2.30. The quantitative estimate of drug-likeness (QED) is 0.868. The fourth-order valence-electron chi connectivity index (χ4n) is 2.94. The zero-order chi connectivity index (χ0) is 16.4. The summed E-state index contributed by atoms with van der Waals surface area (Å²) in [6, 6.07) is 5.05. The number of hydrogen-bond donors (Lipinski definition) is 1. The first-order chi connectivity index (χ1) is 11.1. The van der Waals surface area contributed by atoms with Crippen molar-refractivity contribution >= 4 is 28.5 Å². The lowest BCUT2D eigenvalue weighted by molar-refractivity contribution is -0.147. The average molecular weight is 336 g/mol. The molecule has 122 valence electrons. The van der Waals surface area contributed by atoms with Crippen LogP contribution in [0.2, 0.25) is 5.02 Å². The van der Waals surface area contributed by atoms with Gasteiger partial charge in [-0.25, -0.2) is 4.98 Å². The molecule has 1 aromatic heterocycles. The number of esters is 1. The molecule has 1 N–H and O–H groups in total. The molecule has 7 heteroatoms. The Morgan fingerprint density at radius 1 is 1.43 bits per heavy atom. The van der Waals surface area contributed by atoms with Gasteiger partial charge in [-0.2, -0.15) is 0 Å². The summed E-state index contributed by atoms with van der Waals surface area (Å²) in [4.78, 5) is 33.1. The SMILES string of the molecule is COC(=O)C1CCN(Cc2nc3cc(Cl)ccc3c(=O)[nH]2)CC1. The molecule has 1 aliphatic heterocycles. The molecule has 0 spiro atoms. The number of carbonyl (C=O) groups is 1. The summed E-state index contributed by atoms with van der Waals surface area (Å²) >= 11 is 5.97. The third kappa shape index (κ3) is 3.54. The molecule has 1 saturated heterocycles. The largest absolute Gasteiger partial charge is 0.469 e. The Kier molecular flexibility index (Phi) is 4.63. The van der Waals surface area contributed by atoms with Crippen LogP contribution in [-0.4, -0.2) is 41.0 Å². The molecule has 0 radical (unpaired) electrons. The number of fused-ring (bicyclic) bond motifs is 1. The molecule has 2 aromatic rings. The summed E-state index contributed by atoms with van der Waals surface area (Å²) in [5, 5.41) is 1.09. The second-order valence-electron chi connectivity index (χ2n) is 5.75. The molecule has 0 saturated carbocycles. The van der Waals surface area contributed by atoms with Crippen LogP contribution in [0.1, 0.15) is 18.7 Å². The first kappa shape index (κ1) is 16.0. The summed E-state index contributed by atoms with van der Waals surface area (Å²) < 4.78 is 4.79. The number of hydrogen-bond acceptors (Lipinski definition) is 5. The molecule has 1 fully saturated rings. The van der Waals surface area contributed by atoms with Crippen LogP contribution in [0.15, 0.2) is 23.0 Å². The highest BCUT2D eigenvalue weighted by molar-refractivity contribution is 6.31. The Balaban J connectivity index is 1.73. The molecule has 0 bridgehead atoms. The molecule has 3 rings (SSSR count). The molecule has 0 aliphatic carbocycles. The van der Waals surface area contributed by atoms with Gasteiger partial charge in [0.1, 0.15) is 5.82 Å². The van der Waals surface area contributed by atoms with Crippen molar-refractivity contribution in [2.75, 3.05) is 20.2 Å². The maximum absolute atomic E-state index is 12.1. The van der Waals surface area contributed by atoms with E-state index in [1.165, 1.54) is 7.11 Å². The van der Waals surface area contributed by atoms with Crippen molar-refractivity contribution < 1.29 is 9.53 Å². The van der Waals surface area contributed by atoms with Crippen LogP contribution in [0.3, 0.4) is 0 Å². The van der Waals surface area contributed by atoms with Crippen LogP contribution in [-0.2, 0) is 16.1 Å². The number of aromatic nitrogens is 2. The molecule has 0 amide bonds. The van der Waals surface area contributed by atoms with Gasteiger partial charge >= 0.3 is 5.97 Å². The van der Waals surface area contributed by atoms with Crippen molar-refractivity contribution in [2.24, 2.45) is 5.92 Å². The summed E-state index contributed by atoms with van der Waals surface area (Å²) in [6.45, 7) is 2.10. The Morgan fingerprint density at radius 3 is 2.87 bits per heavy atom. The van der Waals surface area contributed by atoms with Gasteiger partial charge in [0.25, 0.3) is 5.56 Å². The monoisotopic (exact) mass is 335 g/mol. The zero-order valence-electron chi connectivity index (χ0n) is 12.8. The lowest BCUT2D eigenvalue weighted by Crippen LogP contribution is -2.37. The van der Waals surface area contributed by atoms with E-state index in [1.807, 2.05) is 0 Å². The fraction of sp³-hybridized carbons (Fsp3) is 0.438. The van der Waals surface area contributed by atoms with E-state index in [1.54, 1.807) is 18.2 Å². The predicted molar refractivity (Wildman–Crippen MR) is 87.4 cm³/mol. The van der Waals surface area contributed by atoms with E-state index >= 15 is 0 Å². The number of nitrogens with one attached hydrogen (secondary N) is 1. The van der Waals surface area contributed by atoms with Gasteiger partial charge in [0.15, 0.2) is 0 Å². The fourth-order valence-corrected chi connectivity index (χ4v) is 3.11. The van der Waals surface area contributed by atoms with Crippen molar-refractivity contribution in [1.82, 2.24) is 14.9 Å². The van der Waals surface area contributed by atoms with Crippen molar-refractivity contribution in [1.29, 1.82) is 0 Å². The van der Waals surface area contributed by atoms with E-state index in [2.05, 4.69) is 14.9 Å². The second-order valence-corrected chi connectivity index (χ2v) is 6.18. The van der Waals surface area contributed by atoms with Gasteiger partial charge < -0.3 is 9.72 Å². The van der Waals surface area contributed by atoms with Crippen molar-refractivity contribution in [3.63, 3.8) is 0 Å². The Hall–Kier alpha value is -1.92. The zero-order valence-corrected chi connectivity index (χ0v) is 13.6. The van der Waals surface area contributed by atoms with Crippen molar-refractivity contribution in [2.45, 2.75) is 19.4 Å². The minimum absolute atomic E-state index is 0.0290. The highest BCUT2D eigenvalue weighted by Crippen LogP contribution is 2.20. The third-order valence-corrected chi connectivity index (χ3v) is 4.45. The van der Waals surface area contributed by atoms with Gasteiger partial charge in [-0.15, -0.1) is 0 Å². The molecule has 6 nitrogen and oxygen atoms in total. The predicted octanol–water partition coefficient (Wildman–Crippen LogP) is 1.96. The molecular weight excluding hydrogens is 318 g/mol. The van der Waals surface area contributed by atoms with Gasteiger partial charge in [-0.1, -0.05) is 11.6 Å². The highest BCUT2D eigenvalue weighted by Gasteiger charge is 2.25. The van der Waals surface area contributed by atoms with Crippen LogP contribution in [0.25, 0.3) is 10.9 Å². The molecule has 0 unspecified atom stereocenters. The second kappa shape index (κ2) is 6.68. The van der Waals surface area contributed by atoms with Crippen LogP contribution in [0.4, 0.5) is 0 Å². The number of H-pyrrole nitrogens is 1. The van der Waals surface area contributed by atoms with E-state index in [-0.39, 0.29) is 17.4 Å². The molecule has 1 aromatic carbocycles. The topological polar surface area (TPSA) is 75.3 Å². The summed E-state index contributed by atoms with van der Waals surface area (Å²) in [5.74, 6) is 0.441. The smallest absolute Gasteiger partial charge is 0.308 e. The van der Waals surface area contributed by atoms with Crippen LogP contribution < -0.4 is 5.56 Å². The van der Waals surface area contributed by atoms with Gasteiger partial charge in [0.05, 0.1) is 30.5 Å². The molecule has 0 atom stereocenters. The first-order valence-corrected chi connectivity index (χ1v) is 7.93. The number of piperidine rings is 1. The summed E-state index contributed by atoms with van der Waals surface area (Å²) in [6.07, 6.45) is 1.52. The van der Waals surface area contributed by atoms with E-state index in [0.29, 0.717) is 28.3 Å². The first-order valence-electron chi connectivity index (χ1n) is 7.55.